The maximum absolute atomic E-state index is 12.1. The van der Waals surface area contributed by atoms with Gasteiger partial charge in [-0.2, -0.15) is 0 Å². The zero-order chi connectivity index (χ0) is 15.4. The van der Waals surface area contributed by atoms with E-state index in [0.29, 0.717) is 17.9 Å². The molecular formula is C15H17N3O3. The summed E-state index contributed by atoms with van der Waals surface area (Å²) in [5.41, 5.74) is 7.38. The minimum Gasteiger partial charge on any atom is -0.399 e. The van der Waals surface area contributed by atoms with Crippen molar-refractivity contribution in [3.63, 3.8) is 0 Å². The zero-order valence-corrected chi connectivity index (χ0v) is 11.7. The molecule has 0 heterocycles. The van der Waals surface area contributed by atoms with Gasteiger partial charge in [0.1, 0.15) is 0 Å². The number of nitrogens with one attached hydrogen (secondary N) is 1. The van der Waals surface area contributed by atoms with E-state index in [1.54, 1.807) is 36.2 Å². The van der Waals surface area contributed by atoms with Gasteiger partial charge in [0.05, 0.1) is 18.0 Å². The summed E-state index contributed by atoms with van der Waals surface area (Å²) in [5, 5.41) is 11.8. The van der Waals surface area contributed by atoms with Crippen molar-refractivity contribution in [3.05, 3.63) is 47.8 Å². The van der Waals surface area contributed by atoms with Crippen LogP contribution in [0.2, 0.25) is 0 Å². The first-order chi connectivity index (χ1) is 10.0. The number of nitrogens with two attached hydrogens (primary N) is 1. The Kier molecular flexibility index (Phi) is 4.39. The van der Waals surface area contributed by atoms with Crippen molar-refractivity contribution >= 4 is 22.9 Å². The Labute approximate surface area is 122 Å². The highest BCUT2D eigenvalue weighted by Gasteiger charge is 2.22. The third-order valence-corrected chi connectivity index (χ3v) is 3.10. The molecular weight excluding hydrogens is 270 g/mol. The Hall–Kier alpha value is -2.60. The van der Waals surface area contributed by atoms with Gasteiger partial charge in [0.25, 0.3) is 0 Å². The summed E-state index contributed by atoms with van der Waals surface area (Å²) in [6.45, 7) is 0.203. The molecule has 2 rings (SSSR count). The van der Waals surface area contributed by atoms with Crippen LogP contribution in [0.4, 0.5) is 11.4 Å². The van der Waals surface area contributed by atoms with Crippen molar-refractivity contribution in [1.82, 2.24) is 4.90 Å². The molecule has 21 heavy (non-hydrogen) atoms. The molecule has 0 amide bonds. The van der Waals surface area contributed by atoms with Crippen molar-refractivity contribution in [1.29, 1.82) is 0 Å². The first kappa shape index (κ1) is 14.8. The maximum Gasteiger partial charge on any atom is 0.204 e. The van der Waals surface area contributed by atoms with E-state index >= 15 is 0 Å². The fourth-order valence-electron chi connectivity index (χ4n) is 1.94. The van der Waals surface area contributed by atoms with Crippen LogP contribution < -0.4 is 11.1 Å². The molecule has 6 nitrogen and oxygen atoms in total. The summed E-state index contributed by atoms with van der Waals surface area (Å²) >= 11 is 0. The number of hydrogen-bond acceptors (Lipinski definition) is 6. The predicted octanol–water partition coefficient (Wildman–Crippen LogP) is 0.524. The molecule has 0 bridgehead atoms. The monoisotopic (exact) mass is 287 g/mol. The molecule has 1 aliphatic rings. The van der Waals surface area contributed by atoms with Crippen LogP contribution in [-0.4, -0.2) is 41.8 Å². The average molecular weight is 287 g/mol. The first-order valence-electron chi connectivity index (χ1n) is 6.48. The van der Waals surface area contributed by atoms with Crippen molar-refractivity contribution in [2.75, 3.05) is 31.2 Å². The Morgan fingerprint density at radius 1 is 1.14 bits per heavy atom. The van der Waals surface area contributed by atoms with Crippen LogP contribution in [0.1, 0.15) is 0 Å². The number of benzene rings is 1. The molecule has 0 radical (unpaired) electrons. The highest BCUT2D eigenvalue weighted by molar-refractivity contribution is 6.20. The molecule has 1 aliphatic carbocycles. The van der Waals surface area contributed by atoms with E-state index in [0.717, 1.165) is 0 Å². The molecule has 1 aromatic rings. The second kappa shape index (κ2) is 6.23. The topological polar surface area (TPSA) is 95.7 Å². The largest absolute Gasteiger partial charge is 0.399 e. The normalized spacial score (nSPS) is 14.6. The molecule has 0 unspecified atom stereocenters. The molecule has 1 aromatic carbocycles. The summed E-state index contributed by atoms with van der Waals surface area (Å²) in [6.07, 6.45) is 2.54. The summed E-state index contributed by atoms with van der Waals surface area (Å²) in [5.74, 6) is -0.560. The van der Waals surface area contributed by atoms with Crippen LogP contribution in [-0.2, 0) is 9.59 Å². The number of anilines is 2. The summed E-state index contributed by atoms with van der Waals surface area (Å²) in [6, 6.07) is 6.86. The van der Waals surface area contributed by atoms with Crippen molar-refractivity contribution in [2.24, 2.45) is 0 Å². The SMILES string of the molecule is CN(CCO)C1=CC(=O)C(Nc2ccc(N)cc2)=CC1=O. The van der Waals surface area contributed by atoms with Gasteiger partial charge in [0.2, 0.25) is 11.6 Å². The third kappa shape index (κ3) is 3.49. The molecule has 0 aromatic heterocycles. The summed E-state index contributed by atoms with van der Waals surface area (Å²) in [7, 11) is 1.65. The number of allylic oxidation sites excluding steroid dienone is 2. The number of nitrogens with zero attached hydrogens (tertiary/aromatic N) is 1. The molecule has 4 N–H and O–H groups in total. The lowest BCUT2D eigenvalue weighted by Gasteiger charge is -2.22. The fourth-order valence-corrected chi connectivity index (χ4v) is 1.94. The maximum atomic E-state index is 12.1. The van der Waals surface area contributed by atoms with E-state index in [1.807, 2.05) is 0 Å². The average Bonchev–Trinajstić information content (AvgIpc) is 2.45. The van der Waals surface area contributed by atoms with E-state index in [1.165, 1.54) is 12.2 Å². The Morgan fingerprint density at radius 3 is 2.43 bits per heavy atom. The Bertz CT molecular complexity index is 618. The van der Waals surface area contributed by atoms with Gasteiger partial charge in [-0.05, 0) is 24.3 Å². The molecule has 0 saturated heterocycles. The number of aliphatic hydroxyl groups excluding tert-OH is 1. The smallest absolute Gasteiger partial charge is 0.204 e. The van der Waals surface area contributed by atoms with E-state index in [9.17, 15) is 9.59 Å². The summed E-state index contributed by atoms with van der Waals surface area (Å²) in [4.78, 5) is 25.6. The lowest BCUT2D eigenvalue weighted by Crippen LogP contribution is -2.30. The van der Waals surface area contributed by atoms with Crippen molar-refractivity contribution in [3.8, 4) is 0 Å². The summed E-state index contributed by atoms with van der Waals surface area (Å²) < 4.78 is 0. The molecule has 0 saturated carbocycles. The van der Waals surface area contributed by atoms with Gasteiger partial charge in [0, 0.05) is 37.1 Å². The van der Waals surface area contributed by atoms with E-state index in [-0.39, 0.29) is 29.6 Å². The van der Waals surface area contributed by atoms with E-state index in [2.05, 4.69) is 5.32 Å². The van der Waals surface area contributed by atoms with Gasteiger partial charge in [-0.25, -0.2) is 0 Å². The van der Waals surface area contributed by atoms with Crippen LogP contribution in [0, 0.1) is 0 Å². The standard InChI is InChI=1S/C15H17N3O3/c1-18(6-7-19)13-9-14(20)12(8-15(13)21)17-11-4-2-10(16)3-5-11/h2-5,8-9,17,19H,6-7,16H2,1H3. The Morgan fingerprint density at radius 2 is 1.81 bits per heavy atom. The van der Waals surface area contributed by atoms with Crippen molar-refractivity contribution < 1.29 is 14.7 Å². The molecule has 0 spiro atoms. The third-order valence-electron chi connectivity index (χ3n) is 3.10. The molecule has 6 heteroatoms. The zero-order valence-electron chi connectivity index (χ0n) is 11.7. The number of nitrogen functional groups attached to an aromatic ring is 1. The number of rotatable bonds is 5. The lowest BCUT2D eigenvalue weighted by molar-refractivity contribution is -0.116. The highest BCUT2D eigenvalue weighted by Crippen LogP contribution is 2.18. The van der Waals surface area contributed by atoms with E-state index in [4.69, 9.17) is 10.8 Å². The van der Waals surface area contributed by atoms with Crippen molar-refractivity contribution in [2.45, 2.75) is 0 Å². The predicted molar refractivity (Wildman–Crippen MR) is 80.4 cm³/mol. The van der Waals surface area contributed by atoms with Crippen LogP contribution in [0.25, 0.3) is 0 Å². The van der Waals surface area contributed by atoms with Gasteiger partial charge < -0.3 is 21.1 Å². The molecule has 110 valence electrons. The first-order valence-corrected chi connectivity index (χ1v) is 6.48. The minimum atomic E-state index is -0.286. The van der Waals surface area contributed by atoms with Gasteiger partial charge >= 0.3 is 0 Å². The quantitative estimate of drug-likeness (QED) is 0.540. The number of hydrogen-bond donors (Lipinski definition) is 3. The van der Waals surface area contributed by atoms with Crippen LogP contribution in [0.15, 0.2) is 47.8 Å². The second-order valence-electron chi connectivity index (χ2n) is 4.71. The molecule has 0 atom stereocenters. The number of carbonyl (C=O) groups excluding carboxylic acids is 2. The Balaban J connectivity index is 2.14. The van der Waals surface area contributed by atoms with Gasteiger partial charge in [-0.15, -0.1) is 0 Å². The van der Waals surface area contributed by atoms with E-state index < -0.39 is 0 Å². The second-order valence-corrected chi connectivity index (χ2v) is 4.71. The van der Waals surface area contributed by atoms with Gasteiger partial charge in [-0.3, -0.25) is 9.59 Å². The number of aliphatic hydroxyl groups is 1. The van der Waals surface area contributed by atoms with Crippen LogP contribution >= 0.6 is 0 Å². The lowest BCUT2D eigenvalue weighted by atomic mass is 10.1. The number of carbonyl (C=O) groups is 2. The van der Waals surface area contributed by atoms with Crippen LogP contribution in [0.5, 0.6) is 0 Å². The number of ketones is 2. The fraction of sp³-hybridized carbons (Fsp3) is 0.200. The van der Waals surface area contributed by atoms with Gasteiger partial charge in [0.15, 0.2) is 0 Å². The number of likely N-dealkylation sites (N-methyl/N-ethyl adjacent to an activating group) is 1. The molecule has 0 fully saturated rings. The highest BCUT2D eigenvalue weighted by atomic mass is 16.3. The molecule has 0 aliphatic heterocycles. The van der Waals surface area contributed by atoms with Crippen LogP contribution in [0.3, 0.4) is 0 Å². The minimum absolute atomic E-state index is 0.0877. The van der Waals surface area contributed by atoms with Gasteiger partial charge in [-0.1, -0.05) is 0 Å².